The third-order valence-electron chi connectivity index (χ3n) is 2.77. The van der Waals surface area contributed by atoms with Crippen LogP contribution in [0.15, 0.2) is 41.8 Å². The van der Waals surface area contributed by atoms with Gasteiger partial charge in [-0.05, 0) is 0 Å². The van der Waals surface area contributed by atoms with E-state index < -0.39 is 0 Å². The zero-order chi connectivity index (χ0) is 13.9. The molecule has 0 saturated carbocycles. The van der Waals surface area contributed by atoms with Crippen molar-refractivity contribution in [2.45, 2.75) is 6.42 Å². The summed E-state index contributed by atoms with van der Waals surface area (Å²) in [5.41, 5.74) is 14.1. The zero-order valence-electron chi connectivity index (χ0n) is 10.7. The van der Waals surface area contributed by atoms with Crippen LogP contribution in [0.5, 0.6) is 0 Å². The highest BCUT2D eigenvalue weighted by molar-refractivity contribution is 7.10. The molecule has 20 heavy (non-hydrogen) atoms. The van der Waals surface area contributed by atoms with Gasteiger partial charge in [0.1, 0.15) is 5.82 Å². The molecule has 5 nitrogen and oxygen atoms in total. The number of nitrogens with zero attached hydrogens (tertiary/aromatic N) is 3. The first-order valence-corrected chi connectivity index (χ1v) is 6.97. The lowest BCUT2D eigenvalue weighted by molar-refractivity contribution is 1.03. The van der Waals surface area contributed by atoms with Gasteiger partial charge in [0.2, 0.25) is 5.95 Å². The fraction of sp³-hybridized carbons (Fsp3) is 0.0714. The molecule has 1 aromatic carbocycles. The van der Waals surface area contributed by atoms with Gasteiger partial charge >= 0.3 is 0 Å². The molecule has 2 aromatic heterocycles. The maximum atomic E-state index is 5.66. The predicted octanol–water partition coefficient (Wildman–Crippen LogP) is 2.36. The summed E-state index contributed by atoms with van der Waals surface area (Å²) in [6, 6.07) is 11.8. The normalized spacial score (nSPS) is 10.6. The second-order valence-electron chi connectivity index (χ2n) is 4.31. The Balaban J connectivity index is 1.84. The minimum atomic E-state index is 0.194. The number of anilines is 2. The molecule has 0 bridgehead atoms. The number of nitrogens with two attached hydrogens (primary N) is 2. The average Bonchev–Trinajstić information content (AvgIpc) is 2.87. The van der Waals surface area contributed by atoms with Gasteiger partial charge in [0, 0.05) is 23.4 Å². The van der Waals surface area contributed by atoms with E-state index in [1.54, 1.807) is 17.4 Å². The molecule has 0 aliphatic heterocycles. The number of benzene rings is 1. The first-order chi connectivity index (χ1) is 9.70. The molecule has 0 radical (unpaired) electrons. The van der Waals surface area contributed by atoms with Gasteiger partial charge in [-0.3, -0.25) is 0 Å². The Hall–Kier alpha value is -2.47. The molecule has 0 fully saturated rings. The van der Waals surface area contributed by atoms with E-state index in [4.69, 9.17) is 11.5 Å². The van der Waals surface area contributed by atoms with Crippen LogP contribution in [0.25, 0.3) is 11.3 Å². The molecule has 4 N–H and O–H groups in total. The van der Waals surface area contributed by atoms with Crippen molar-refractivity contribution < 1.29 is 0 Å². The maximum Gasteiger partial charge on any atom is 0.222 e. The van der Waals surface area contributed by atoms with Crippen molar-refractivity contribution in [1.29, 1.82) is 0 Å². The summed E-state index contributed by atoms with van der Waals surface area (Å²) in [5.74, 6) is 0.576. The van der Waals surface area contributed by atoms with Gasteiger partial charge in [0.25, 0.3) is 0 Å². The van der Waals surface area contributed by atoms with E-state index in [-0.39, 0.29) is 5.95 Å². The van der Waals surface area contributed by atoms with E-state index in [0.29, 0.717) is 12.2 Å². The number of hydrogen-bond donors (Lipinski definition) is 2. The first-order valence-electron chi connectivity index (χ1n) is 6.09. The summed E-state index contributed by atoms with van der Waals surface area (Å²) in [5, 5.41) is 3.01. The van der Waals surface area contributed by atoms with Crippen LogP contribution in [-0.2, 0) is 6.42 Å². The number of thiazole rings is 1. The summed E-state index contributed by atoms with van der Waals surface area (Å²) in [7, 11) is 0. The maximum absolute atomic E-state index is 5.66. The molecule has 0 atom stereocenters. The van der Waals surface area contributed by atoms with Crippen LogP contribution in [0.2, 0.25) is 0 Å². The Labute approximate surface area is 120 Å². The molecule has 0 aliphatic rings. The van der Waals surface area contributed by atoms with Crippen LogP contribution in [-0.4, -0.2) is 15.0 Å². The molecule has 3 aromatic rings. The molecule has 2 heterocycles. The van der Waals surface area contributed by atoms with Crippen molar-refractivity contribution in [2.75, 3.05) is 11.5 Å². The Morgan fingerprint density at radius 2 is 1.80 bits per heavy atom. The van der Waals surface area contributed by atoms with E-state index in [1.807, 2.05) is 35.7 Å². The second kappa shape index (κ2) is 5.26. The van der Waals surface area contributed by atoms with Gasteiger partial charge in [-0.25, -0.2) is 9.97 Å². The van der Waals surface area contributed by atoms with Gasteiger partial charge in [-0.1, -0.05) is 30.3 Å². The van der Waals surface area contributed by atoms with Crippen molar-refractivity contribution in [2.24, 2.45) is 0 Å². The summed E-state index contributed by atoms with van der Waals surface area (Å²) >= 11 is 1.60. The Morgan fingerprint density at radius 3 is 2.55 bits per heavy atom. The quantitative estimate of drug-likeness (QED) is 0.770. The number of aromatic nitrogens is 3. The minimum Gasteiger partial charge on any atom is -0.384 e. The summed E-state index contributed by atoms with van der Waals surface area (Å²) in [4.78, 5) is 12.6. The lowest BCUT2D eigenvalue weighted by atomic mass is 10.2. The van der Waals surface area contributed by atoms with E-state index >= 15 is 0 Å². The summed E-state index contributed by atoms with van der Waals surface area (Å²) in [6.07, 6.45) is 0.606. The van der Waals surface area contributed by atoms with Gasteiger partial charge < -0.3 is 11.5 Å². The SMILES string of the molecule is Nc1cc(Cc2nc(-c3ccccc3)cs2)nc(N)n1. The average molecular weight is 283 g/mol. The van der Waals surface area contributed by atoms with Crippen molar-refractivity contribution >= 4 is 23.1 Å². The fourth-order valence-electron chi connectivity index (χ4n) is 1.92. The smallest absolute Gasteiger partial charge is 0.222 e. The molecule has 0 unspecified atom stereocenters. The van der Waals surface area contributed by atoms with Crippen LogP contribution in [0.4, 0.5) is 11.8 Å². The molecule has 0 spiro atoms. The van der Waals surface area contributed by atoms with Gasteiger partial charge in [-0.2, -0.15) is 4.98 Å². The third-order valence-corrected chi connectivity index (χ3v) is 3.62. The number of hydrogen-bond acceptors (Lipinski definition) is 6. The molecule has 0 saturated heterocycles. The molecule has 100 valence electrons. The first kappa shape index (κ1) is 12.6. The molecular weight excluding hydrogens is 270 g/mol. The molecule has 6 heteroatoms. The lowest BCUT2D eigenvalue weighted by Crippen LogP contribution is -2.03. The predicted molar refractivity (Wildman–Crippen MR) is 81.2 cm³/mol. The zero-order valence-corrected chi connectivity index (χ0v) is 11.5. The Bertz CT molecular complexity index is 703. The molecular formula is C14H13N5S. The van der Waals surface area contributed by atoms with Crippen LogP contribution in [0, 0.1) is 0 Å². The van der Waals surface area contributed by atoms with Crippen molar-refractivity contribution in [3.8, 4) is 11.3 Å². The van der Waals surface area contributed by atoms with Crippen molar-refractivity contribution in [1.82, 2.24) is 15.0 Å². The summed E-state index contributed by atoms with van der Waals surface area (Å²) in [6.45, 7) is 0. The van der Waals surface area contributed by atoms with Crippen LogP contribution in [0.1, 0.15) is 10.7 Å². The Morgan fingerprint density at radius 1 is 1.00 bits per heavy atom. The summed E-state index contributed by atoms with van der Waals surface area (Å²) < 4.78 is 0. The van der Waals surface area contributed by atoms with Crippen molar-refractivity contribution in [3.05, 3.63) is 52.5 Å². The molecule has 3 rings (SSSR count). The number of nitrogen functional groups attached to an aromatic ring is 2. The number of rotatable bonds is 3. The fourth-order valence-corrected chi connectivity index (χ4v) is 2.74. The minimum absolute atomic E-state index is 0.194. The van der Waals surface area contributed by atoms with Gasteiger partial charge in [0.15, 0.2) is 0 Å². The largest absolute Gasteiger partial charge is 0.384 e. The topological polar surface area (TPSA) is 90.7 Å². The van der Waals surface area contributed by atoms with Crippen LogP contribution in [0.3, 0.4) is 0 Å². The Kier molecular flexibility index (Phi) is 3.30. The van der Waals surface area contributed by atoms with E-state index in [2.05, 4.69) is 15.0 Å². The molecule has 0 amide bonds. The van der Waals surface area contributed by atoms with Gasteiger partial charge in [0.05, 0.1) is 16.4 Å². The standard InChI is InChI=1S/C14H13N5S/c15-12-6-10(17-14(16)19-12)7-13-18-11(8-20-13)9-4-2-1-3-5-9/h1-6,8H,7H2,(H4,15,16,17,19). The van der Waals surface area contributed by atoms with E-state index in [0.717, 1.165) is 22.0 Å². The van der Waals surface area contributed by atoms with Crippen LogP contribution >= 0.6 is 11.3 Å². The van der Waals surface area contributed by atoms with Crippen molar-refractivity contribution in [3.63, 3.8) is 0 Å². The van der Waals surface area contributed by atoms with E-state index in [9.17, 15) is 0 Å². The van der Waals surface area contributed by atoms with Gasteiger partial charge in [-0.15, -0.1) is 11.3 Å². The molecule has 0 aliphatic carbocycles. The highest BCUT2D eigenvalue weighted by Crippen LogP contribution is 2.23. The third kappa shape index (κ3) is 2.75. The lowest BCUT2D eigenvalue weighted by Gasteiger charge is -2.00. The van der Waals surface area contributed by atoms with Crippen LogP contribution < -0.4 is 11.5 Å². The second-order valence-corrected chi connectivity index (χ2v) is 5.25. The monoisotopic (exact) mass is 283 g/mol. The van der Waals surface area contributed by atoms with E-state index in [1.165, 1.54) is 0 Å². The highest BCUT2D eigenvalue weighted by atomic mass is 32.1. The highest BCUT2D eigenvalue weighted by Gasteiger charge is 2.07.